The summed E-state index contributed by atoms with van der Waals surface area (Å²) in [4.78, 5) is 48.4. The summed E-state index contributed by atoms with van der Waals surface area (Å²) in [5.41, 5.74) is 0.734. The highest BCUT2D eigenvalue weighted by molar-refractivity contribution is 7.92. The van der Waals surface area contributed by atoms with Crippen molar-refractivity contribution in [2.45, 2.75) is 25.0 Å². The number of ether oxygens (including phenoxy) is 3. The molecule has 0 spiro atoms. The number of benzene rings is 1. The number of carboxylic acid groups (broad SMARTS) is 1. The van der Waals surface area contributed by atoms with Gasteiger partial charge >= 0.3 is 17.9 Å². The highest BCUT2D eigenvalue weighted by atomic mass is 32.2. The number of carbonyl (C=O) groups excluding carboxylic acids is 3. The lowest BCUT2D eigenvalue weighted by Crippen LogP contribution is -2.70. The van der Waals surface area contributed by atoms with Crippen molar-refractivity contribution in [3.8, 4) is 0 Å². The minimum Gasteiger partial charge on any atom is -0.614 e. The Hall–Kier alpha value is -2.89. The van der Waals surface area contributed by atoms with Crippen LogP contribution in [0.25, 0.3) is 0 Å². The molecule has 0 radical (unpaired) electrons. The monoisotopic (exact) mass is 437 g/mol. The lowest BCUT2D eigenvalue weighted by atomic mass is 10.1. The Balaban J connectivity index is 1.81. The number of rotatable bonds is 7. The van der Waals surface area contributed by atoms with Crippen molar-refractivity contribution in [3.05, 3.63) is 46.7 Å². The van der Waals surface area contributed by atoms with E-state index in [1.807, 2.05) is 0 Å². The molecule has 1 amide bonds. The van der Waals surface area contributed by atoms with E-state index < -0.39 is 46.5 Å². The molecule has 11 heteroatoms. The normalized spacial score (nSPS) is 22.8. The second kappa shape index (κ2) is 8.86. The molecule has 3 rings (SSSR count). The highest BCUT2D eigenvalue weighted by Crippen LogP contribution is 2.38. The summed E-state index contributed by atoms with van der Waals surface area (Å²) >= 11 is -1.54. The van der Waals surface area contributed by atoms with Gasteiger partial charge in [-0.1, -0.05) is 12.1 Å². The molecule has 10 nitrogen and oxygen atoms in total. The van der Waals surface area contributed by atoms with E-state index in [1.165, 1.54) is 38.3 Å². The highest BCUT2D eigenvalue weighted by Gasteiger charge is 2.61. The molecule has 2 unspecified atom stereocenters. The molecule has 1 aromatic rings. The Bertz CT molecular complexity index is 911. The van der Waals surface area contributed by atoms with Crippen molar-refractivity contribution in [1.82, 2.24) is 4.90 Å². The van der Waals surface area contributed by atoms with Gasteiger partial charge in [0.2, 0.25) is 11.5 Å². The molecular formula is C19H19NO9S. The van der Waals surface area contributed by atoms with Crippen LogP contribution in [0.5, 0.6) is 0 Å². The maximum absolute atomic E-state index is 12.8. The maximum Gasteiger partial charge on any atom is 0.355 e. The molecule has 0 aliphatic carbocycles. The van der Waals surface area contributed by atoms with Gasteiger partial charge in [-0.25, -0.2) is 9.59 Å². The number of aromatic carboxylic acids is 1. The number of fused-ring (bicyclic) bond motifs is 1. The molecule has 1 saturated heterocycles. The number of hydrogen-bond donors (Lipinski definition) is 1. The SMILES string of the molecule is CO[C@@H]1C(=O)N2C(C(=O)OCc3ccc(C(=O)O)cc3)=C(COC(C)=O)C[S+]([O-])C12. The van der Waals surface area contributed by atoms with Gasteiger partial charge in [0.05, 0.1) is 5.56 Å². The largest absolute Gasteiger partial charge is 0.614 e. The first kappa shape index (κ1) is 21.8. The summed E-state index contributed by atoms with van der Waals surface area (Å²) < 4.78 is 27.8. The molecule has 0 saturated carbocycles. The molecule has 1 aromatic carbocycles. The van der Waals surface area contributed by atoms with Crippen LogP contribution in [0.2, 0.25) is 0 Å². The van der Waals surface area contributed by atoms with E-state index in [1.54, 1.807) is 0 Å². The van der Waals surface area contributed by atoms with Gasteiger partial charge in [0.1, 0.15) is 24.7 Å². The number of β-lactam (4-membered cyclic amide) rings is 1. The lowest BCUT2D eigenvalue weighted by molar-refractivity contribution is -0.164. The molecule has 3 atom stereocenters. The molecular weight excluding hydrogens is 418 g/mol. The van der Waals surface area contributed by atoms with E-state index in [2.05, 4.69) is 0 Å². The van der Waals surface area contributed by atoms with Crippen molar-refractivity contribution >= 4 is 35.0 Å². The fraction of sp³-hybridized carbons (Fsp3) is 0.368. The molecule has 0 aromatic heterocycles. The van der Waals surface area contributed by atoms with E-state index in [-0.39, 0.29) is 35.8 Å². The average molecular weight is 437 g/mol. The molecule has 1 N–H and O–H groups in total. The van der Waals surface area contributed by atoms with Crippen LogP contribution in [0.1, 0.15) is 22.8 Å². The minimum absolute atomic E-state index is 0.0701. The van der Waals surface area contributed by atoms with Crippen molar-refractivity contribution in [2.24, 2.45) is 0 Å². The van der Waals surface area contributed by atoms with Crippen LogP contribution in [0.3, 0.4) is 0 Å². The summed E-state index contributed by atoms with van der Waals surface area (Å²) in [5.74, 6) is -3.12. The van der Waals surface area contributed by atoms with Gasteiger partial charge < -0.3 is 23.9 Å². The van der Waals surface area contributed by atoms with Gasteiger partial charge in [-0.05, 0) is 28.9 Å². The third-order valence-corrected chi connectivity index (χ3v) is 6.25. The molecule has 2 aliphatic heterocycles. The Morgan fingerprint density at radius 3 is 2.43 bits per heavy atom. The molecule has 2 heterocycles. The zero-order valence-corrected chi connectivity index (χ0v) is 17.0. The maximum atomic E-state index is 12.8. The van der Waals surface area contributed by atoms with Gasteiger partial charge in [0, 0.05) is 19.6 Å². The van der Waals surface area contributed by atoms with Crippen LogP contribution >= 0.6 is 0 Å². The smallest absolute Gasteiger partial charge is 0.355 e. The first-order valence-electron chi connectivity index (χ1n) is 8.82. The Kier molecular flexibility index (Phi) is 6.44. The zero-order valence-electron chi connectivity index (χ0n) is 16.2. The van der Waals surface area contributed by atoms with Gasteiger partial charge in [-0.2, -0.15) is 0 Å². The van der Waals surface area contributed by atoms with E-state index in [0.29, 0.717) is 5.56 Å². The van der Waals surface area contributed by atoms with Crippen molar-refractivity contribution in [2.75, 3.05) is 19.5 Å². The molecule has 2 aliphatic rings. The predicted molar refractivity (Wildman–Crippen MR) is 101 cm³/mol. The van der Waals surface area contributed by atoms with Crippen LogP contribution in [-0.4, -0.2) is 69.3 Å². The van der Waals surface area contributed by atoms with Crippen LogP contribution < -0.4 is 0 Å². The van der Waals surface area contributed by atoms with E-state index in [9.17, 15) is 23.7 Å². The summed E-state index contributed by atoms with van der Waals surface area (Å²) in [7, 11) is 1.31. The number of carbonyl (C=O) groups is 4. The number of esters is 2. The number of nitrogens with zero attached hydrogens (tertiary/aromatic N) is 1. The molecule has 1 fully saturated rings. The Morgan fingerprint density at radius 2 is 1.87 bits per heavy atom. The summed E-state index contributed by atoms with van der Waals surface area (Å²) in [5, 5.41) is 8.11. The van der Waals surface area contributed by atoms with Crippen LogP contribution in [-0.2, 0) is 46.4 Å². The third-order valence-electron chi connectivity index (χ3n) is 4.62. The summed E-state index contributed by atoms with van der Waals surface area (Å²) in [6.45, 7) is 0.719. The number of methoxy groups -OCH3 is 1. The second-order valence-electron chi connectivity index (χ2n) is 6.59. The van der Waals surface area contributed by atoms with E-state index >= 15 is 0 Å². The van der Waals surface area contributed by atoms with Crippen molar-refractivity contribution in [1.29, 1.82) is 0 Å². The van der Waals surface area contributed by atoms with Gasteiger partial charge in [-0.15, -0.1) is 0 Å². The average Bonchev–Trinajstić information content (AvgIpc) is 2.71. The van der Waals surface area contributed by atoms with Crippen LogP contribution in [0, 0.1) is 0 Å². The van der Waals surface area contributed by atoms with Gasteiger partial charge in [0.15, 0.2) is 0 Å². The standard InChI is InChI=1S/C19H19NO9S/c1-10(21)28-8-13-9-30(26)17-15(27-2)16(22)20(17)14(13)19(25)29-7-11-3-5-12(6-4-11)18(23)24/h3-6,15,17H,7-9H2,1-2H3,(H,23,24)/t15-,17?,30?/m1/s1. The first-order chi connectivity index (χ1) is 14.2. The third kappa shape index (κ3) is 4.18. The van der Waals surface area contributed by atoms with Gasteiger partial charge in [0.25, 0.3) is 5.91 Å². The van der Waals surface area contributed by atoms with Crippen molar-refractivity contribution < 1.29 is 43.0 Å². The fourth-order valence-electron chi connectivity index (χ4n) is 3.15. The Morgan fingerprint density at radius 1 is 1.20 bits per heavy atom. The number of hydrogen-bond acceptors (Lipinski definition) is 8. The molecule has 160 valence electrons. The van der Waals surface area contributed by atoms with E-state index in [0.717, 1.165) is 4.90 Å². The quantitative estimate of drug-likeness (QED) is 0.359. The number of amides is 1. The predicted octanol–water partition coefficient (Wildman–Crippen LogP) is 0.191. The summed E-state index contributed by atoms with van der Waals surface area (Å²) in [6, 6.07) is 5.75. The lowest BCUT2D eigenvalue weighted by Gasteiger charge is -2.48. The van der Waals surface area contributed by atoms with Crippen LogP contribution in [0.4, 0.5) is 0 Å². The molecule has 30 heavy (non-hydrogen) atoms. The number of carboxylic acids is 1. The zero-order chi connectivity index (χ0) is 22.0. The van der Waals surface area contributed by atoms with Gasteiger partial charge in [-0.3, -0.25) is 14.5 Å². The van der Waals surface area contributed by atoms with Crippen LogP contribution in [0.15, 0.2) is 35.5 Å². The topological polar surface area (TPSA) is 142 Å². The van der Waals surface area contributed by atoms with E-state index in [4.69, 9.17) is 19.3 Å². The summed E-state index contributed by atoms with van der Waals surface area (Å²) in [6.07, 6.45) is -0.924. The first-order valence-corrected chi connectivity index (χ1v) is 10.2. The van der Waals surface area contributed by atoms with Crippen molar-refractivity contribution in [3.63, 3.8) is 0 Å². The second-order valence-corrected chi connectivity index (χ2v) is 8.12. The Labute approximate surface area is 174 Å². The fourth-order valence-corrected chi connectivity index (χ4v) is 4.83. The molecule has 0 bridgehead atoms. The minimum atomic E-state index is -1.54.